The molecule has 5 rings (SSSR count). The van der Waals surface area contributed by atoms with Gasteiger partial charge in [-0.2, -0.15) is 0 Å². The second-order valence-corrected chi connectivity index (χ2v) is 13.0. The van der Waals surface area contributed by atoms with Crippen LogP contribution in [0.1, 0.15) is 96.3 Å². The molecule has 0 unspecified atom stereocenters. The summed E-state index contributed by atoms with van der Waals surface area (Å²) in [7, 11) is 0. The van der Waals surface area contributed by atoms with Crippen LogP contribution in [-0.4, -0.2) is 43.8 Å². The summed E-state index contributed by atoms with van der Waals surface area (Å²) >= 11 is 0. The Kier molecular flexibility index (Phi) is 12.6. The van der Waals surface area contributed by atoms with Gasteiger partial charge in [0, 0.05) is 70.7 Å². The van der Waals surface area contributed by atoms with Crippen LogP contribution in [0.5, 0.6) is 0 Å². The molecule has 0 spiro atoms. The number of anilines is 1. The number of Topliss-reactive ketones (excluding diaryl/α,β-unsaturated/α-hetero) is 1. The van der Waals surface area contributed by atoms with Crippen molar-refractivity contribution in [2.24, 2.45) is 4.99 Å². The first kappa shape index (κ1) is 36.5. The minimum absolute atomic E-state index is 0.0158. The van der Waals surface area contributed by atoms with Crippen LogP contribution < -0.4 is 10.3 Å². The highest BCUT2D eigenvalue weighted by Crippen LogP contribution is 2.42. The first-order chi connectivity index (χ1) is 24.3. The predicted octanol–water partition coefficient (Wildman–Crippen LogP) is 9.66. The van der Waals surface area contributed by atoms with Gasteiger partial charge in [0.25, 0.3) is 0 Å². The van der Waals surface area contributed by atoms with Gasteiger partial charge in [-0.25, -0.2) is 4.79 Å². The molecule has 0 radical (unpaired) electrons. The number of carbonyl (C=O) groups excluding carboxylic acids is 3. The van der Waals surface area contributed by atoms with E-state index in [2.05, 4.69) is 41.9 Å². The largest absolute Gasteiger partial charge is 0.462 e. The standard InChI is InChI=1S/C43H50N2O5/c1-6-44-32-21-23-36-39(27-32)50-40-28-33(45(7-2)8-3)22-24-37(40)41(36)34-19-15-16-20-35(34)43(48)49-25-17-13-11-9-10-12-14-18-31-26-38(46)29(4)30(5)42(31)47/h15-16,19-24,26-28H,6-14,17-18,25H2,1-5H3/b44-32+. The van der Waals surface area contributed by atoms with E-state index in [4.69, 9.17) is 9.15 Å². The summed E-state index contributed by atoms with van der Waals surface area (Å²) in [5, 5.41) is 1.79. The smallest absolute Gasteiger partial charge is 0.338 e. The third-order valence-corrected chi connectivity index (χ3v) is 9.77. The number of hydrogen-bond acceptors (Lipinski definition) is 7. The number of rotatable bonds is 16. The van der Waals surface area contributed by atoms with E-state index in [1.165, 1.54) is 6.08 Å². The van der Waals surface area contributed by atoms with Crippen molar-refractivity contribution in [3.8, 4) is 22.5 Å². The average molecular weight is 675 g/mol. The van der Waals surface area contributed by atoms with Gasteiger partial charge in [0.05, 0.1) is 17.5 Å². The van der Waals surface area contributed by atoms with E-state index in [0.717, 1.165) is 102 Å². The van der Waals surface area contributed by atoms with E-state index in [1.807, 2.05) is 49.4 Å². The van der Waals surface area contributed by atoms with Crippen LogP contribution in [0.3, 0.4) is 0 Å². The lowest BCUT2D eigenvalue weighted by Gasteiger charge is -2.22. The molecular weight excluding hydrogens is 624 g/mol. The van der Waals surface area contributed by atoms with E-state index in [-0.39, 0.29) is 17.5 Å². The topological polar surface area (TPSA) is 89.2 Å². The second-order valence-electron chi connectivity index (χ2n) is 13.0. The van der Waals surface area contributed by atoms with Crippen molar-refractivity contribution < 1.29 is 23.5 Å². The zero-order valence-corrected chi connectivity index (χ0v) is 30.3. The quantitative estimate of drug-likeness (QED) is 0.0509. The molecule has 0 bridgehead atoms. The Morgan fingerprint density at radius 2 is 1.52 bits per heavy atom. The van der Waals surface area contributed by atoms with Crippen LogP contribution >= 0.6 is 0 Å². The van der Waals surface area contributed by atoms with Gasteiger partial charge in [0.15, 0.2) is 11.6 Å². The van der Waals surface area contributed by atoms with Crippen LogP contribution in [0, 0.1) is 0 Å². The van der Waals surface area contributed by atoms with E-state index in [9.17, 15) is 14.4 Å². The van der Waals surface area contributed by atoms with Crippen LogP contribution in [-0.2, 0) is 14.3 Å². The predicted molar refractivity (Wildman–Crippen MR) is 202 cm³/mol. The molecule has 7 heteroatoms. The Labute approximate surface area is 296 Å². The molecule has 1 heterocycles. The SMILES string of the molecule is CC/N=c1\ccc2c(-c3ccccc3C(=O)OCCCCCCCCCC3=CC(=O)C(C)=C(C)C3=O)c3ccc(N(CC)CC)cc3oc-2c1. The Balaban J connectivity index is 1.21. The number of esters is 1. The highest BCUT2D eigenvalue weighted by Gasteiger charge is 2.24. The molecule has 2 aromatic carbocycles. The van der Waals surface area contributed by atoms with E-state index in [0.29, 0.717) is 41.9 Å². The highest BCUT2D eigenvalue weighted by atomic mass is 16.5. The number of hydrogen-bond donors (Lipinski definition) is 0. The first-order valence-corrected chi connectivity index (χ1v) is 18.3. The Hall–Kier alpha value is -4.78. The third-order valence-electron chi connectivity index (χ3n) is 9.77. The number of ketones is 2. The maximum absolute atomic E-state index is 13.6. The minimum atomic E-state index is -0.328. The molecule has 0 aromatic heterocycles. The number of carbonyl (C=O) groups is 3. The second kappa shape index (κ2) is 17.2. The molecule has 0 fully saturated rings. The molecule has 7 nitrogen and oxygen atoms in total. The summed E-state index contributed by atoms with van der Waals surface area (Å²) in [6.45, 7) is 12.6. The van der Waals surface area contributed by atoms with Crippen LogP contribution in [0.25, 0.3) is 33.4 Å². The van der Waals surface area contributed by atoms with Crippen molar-refractivity contribution >= 4 is 34.2 Å². The molecule has 0 saturated heterocycles. The summed E-state index contributed by atoms with van der Waals surface area (Å²) in [4.78, 5) is 45.0. The van der Waals surface area contributed by atoms with Crippen molar-refractivity contribution in [2.45, 2.75) is 86.0 Å². The van der Waals surface area contributed by atoms with Gasteiger partial charge in [-0.05, 0) is 95.9 Å². The fourth-order valence-electron chi connectivity index (χ4n) is 6.76. The van der Waals surface area contributed by atoms with Crippen molar-refractivity contribution in [1.29, 1.82) is 0 Å². The van der Waals surface area contributed by atoms with Crippen LogP contribution in [0.2, 0.25) is 0 Å². The monoisotopic (exact) mass is 674 g/mol. The lowest BCUT2D eigenvalue weighted by molar-refractivity contribution is -0.116. The normalized spacial score (nSPS) is 13.8. The maximum atomic E-state index is 13.6. The summed E-state index contributed by atoms with van der Waals surface area (Å²) in [5.74, 6) is 0.368. The average Bonchev–Trinajstić information content (AvgIpc) is 3.13. The molecule has 0 N–H and O–H groups in total. The number of nitrogens with zero attached hydrogens (tertiary/aromatic N) is 2. The molecule has 50 heavy (non-hydrogen) atoms. The maximum Gasteiger partial charge on any atom is 0.338 e. The molecule has 0 amide bonds. The fourth-order valence-corrected chi connectivity index (χ4v) is 6.76. The lowest BCUT2D eigenvalue weighted by Crippen LogP contribution is -2.21. The van der Waals surface area contributed by atoms with Gasteiger partial charge in [-0.15, -0.1) is 0 Å². The number of ether oxygens (including phenoxy) is 1. The number of benzene rings is 3. The molecular formula is C43H50N2O5. The molecule has 262 valence electrons. The minimum Gasteiger partial charge on any atom is -0.462 e. The fraction of sp³-hybridized carbons (Fsp3) is 0.395. The van der Waals surface area contributed by atoms with Gasteiger partial charge in [-0.3, -0.25) is 14.6 Å². The number of allylic oxidation sites excluding steroid dienone is 4. The molecule has 3 aliphatic rings. The van der Waals surface area contributed by atoms with E-state index >= 15 is 0 Å². The molecule has 1 aliphatic heterocycles. The van der Waals surface area contributed by atoms with E-state index < -0.39 is 0 Å². The highest BCUT2D eigenvalue weighted by molar-refractivity contribution is 6.22. The number of fused-ring (bicyclic) bond motifs is 2. The van der Waals surface area contributed by atoms with Crippen molar-refractivity contribution in [1.82, 2.24) is 0 Å². The Morgan fingerprint density at radius 1 is 0.800 bits per heavy atom. The lowest BCUT2D eigenvalue weighted by atomic mass is 9.88. The zero-order valence-electron chi connectivity index (χ0n) is 30.3. The summed E-state index contributed by atoms with van der Waals surface area (Å²) < 4.78 is 12.4. The van der Waals surface area contributed by atoms with E-state index in [1.54, 1.807) is 13.8 Å². The molecule has 0 atom stereocenters. The zero-order chi connectivity index (χ0) is 35.6. The third kappa shape index (κ3) is 8.32. The Bertz CT molecular complexity index is 1960. The van der Waals surface area contributed by atoms with Crippen molar-refractivity contribution in [3.05, 3.63) is 94.4 Å². The van der Waals surface area contributed by atoms with Crippen LogP contribution in [0.15, 0.2) is 92.9 Å². The number of unbranched alkanes of at least 4 members (excludes halogenated alkanes) is 6. The molecule has 0 saturated carbocycles. The summed E-state index contributed by atoms with van der Waals surface area (Å²) in [6, 6.07) is 20.0. The van der Waals surface area contributed by atoms with Gasteiger partial charge in [0.1, 0.15) is 11.3 Å². The molecule has 2 aliphatic carbocycles. The van der Waals surface area contributed by atoms with Gasteiger partial charge in [-0.1, -0.05) is 50.3 Å². The first-order valence-electron chi connectivity index (χ1n) is 18.3. The molecule has 2 aromatic rings. The van der Waals surface area contributed by atoms with Gasteiger partial charge >= 0.3 is 5.97 Å². The van der Waals surface area contributed by atoms with Crippen molar-refractivity contribution in [3.63, 3.8) is 0 Å². The van der Waals surface area contributed by atoms with Crippen molar-refractivity contribution in [2.75, 3.05) is 31.1 Å². The summed E-state index contributed by atoms with van der Waals surface area (Å²) in [6.07, 6.45) is 9.10. The Morgan fingerprint density at radius 3 is 2.26 bits per heavy atom. The summed E-state index contributed by atoms with van der Waals surface area (Å²) in [5.41, 5.74) is 6.84. The van der Waals surface area contributed by atoms with Crippen LogP contribution in [0.4, 0.5) is 5.69 Å². The van der Waals surface area contributed by atoms with Gasteiger partial charge < -0.3 is 14.1 Å². The van der Waals surface area contributed by atoms with Gasteiger partial charge in [0.2, 0.25) is 0 Å².